The minimum absolute atomic E-state index is 0.224. The van der Waals surface area contributed by atoms with Gasteiger partial charge in [0.25, 0.3) is 5.91 Å². The van der Waals surface area contributed by atoms with Gasteiger partial charge in [-0.1, -0.05) is 0 Å². The van der Waals surface area contributed by atoms with Crippen LogP contribution >= 0.6 is 15.9 Å². The predicted molar refractivity (Wildman–Crippen MR) is 64.5 cm³/mol. The van der Waals surface area contributed by atoms with Crippen molar-refractivity contribution >= 4 is 21.8 Å². The number of amides is 1. The maximum Gasteiger partial charge on any atom is 0.251 e. The second-order valence-electron chi connectivity index (χ2n) is 3.19. The standard InChI is InChI=1S/C12H11BrFNO/c1-2-3-4-7-15-12(16)9-5-6-11(14)10(13)8-9/h1,5-6,8H,3-4,7H2,(H,15,16). The Bertz CT molecular complexity index is 426. The van der Waals surface area contributed by atoms with Gasteiger partial charge in [-0.3, -0.25) is 4.79 Å². The molecular weight excluding hydrogens is 273 g/mol. The summed E-state index contributed by atoms with van der Waals surface area (Å²) in [6.07, 6.45) is 6.46. The van der Waals surface area contributed by atoms with Crippen LogP contribution in [-0.2, 0) is 0 Å². The van der Waals surface area contributed by atoms with Crippen LogP contribution in [0.5, 0.6) is 0 Å². The number of hydrogen-bond donors (Lipinski definition) is 1. The molecule has 1 amide bonds. The number of halogens is 2. The number of carbonyl (C=O) groups is 1. The van der Waals surface area contributed by atoms with Gasteiger partial charge in [0.15, 0.2) is 0 Å². The first-order valence-electron chi connectivity index (χ1n) is 4.82. The minimum Gasteiger partial charge on any atom is -0.352 e. The molecule has 2 nitrogen and oxygen atoms in total. The lowest BCUT2D eigenvalue weighted by Crippen LogP contribution is -2.24. The molecule has 0 unspecified atom stereocenters. The second-order valence-corrected chi connectivity index (χ2v) is 4.05. The quantitative estimate of drug-likeness (QED) is 0.668. The van der Waals surface area contributed by atoms with Gasteiger partial charge in [-0.2, -0.15) is 0 Å². The molecule has 0 bridgehead atoms. The second kappa shape index (κ2) is 6.29. The van der Waals surface area contributed by atoms with Crippen molar-refractivity contribution < 1.29 is 9.18 Å². The molecule has 0 aliphatic rings. The van der Waals surface area contributed by atoms with Crippen molar-refractivity contribution in [2.45, 2.75) is 12.8 Å². The number of benzene rings is 1. The molecule has 1 N–H and O–H groups in total. The Morgan fingerprint density at radius 3 is 2.94 bits per heavy atom. The van der Waals surface area contributed by atoms with Crippen molar-refractivity contribution in [1.29, 1.82) is 0 Å². The van der Waals surface area contributed by atoms with Crippen LogP contribution in [0.15, 0.2) is 22.7 Å². The minimum atomic E-state index is -0.385. The number of nitrogens with one attached hydrogen (secondary N) is 1. The van der Waals surface area contributed by atoms with Crippen LogP contribution in [0, 0.1) is 18.2 Å². The highest BCUT2D eigenvalue weighted by molar-refractivity contribution is 9.10. The number of unbranched alkanes of at least 4 members (excludes halogenated alkanes) is 1. The van der Waals surface area contributed by atoms with Crippen molar-refractivity contribution in [1.82, 2.24) is 5.32 Å². The van der Waals surface area contributed by atoms with Gasteiger partial charge in [0.2, 0.25) is 0 Å². The summed E-state index contributed by atoms with van der Waals surface area (Å²) < 4.78 is 13.2. The van der Waals surface area contributed by atoms with Gasteiger partial charge >= 0.3 is 0 Å². The van der Waals surface area contributed by atoms with Gasteiger partial charge in [-0.05, 0) is 40.5 Å². The number of terminal acetylenes is 1. The summed E-state index contributed by atoms with van der Waals surface area (Å²) >= 11 is 3.03. The first-order chi connectivity index (χ1) is 7.65. The summed E-state index contributed by atoms with van der Waals surface area (Å²) in [5, 5.41) is 2.70. The number of hydrogen-bond acceptors (Lipinski definition) is 1. The summed E-state index contributed by atoms with van der Waals surface area (Å²) in [6.45, 7) is 0.526. The van der Waals surface area contributed by atoms with E-state index in [1.165, 1.54) is 18.2 Å². The monoisotopic (exact) mass is 283 g/mol. The maximum absolute atomic E-state index is 12.9. The van der Waals surface area contributed by atoms with Crippen molar-refractivity contribution in [2.75, 3.05) is 6.54 Å². The SMILES string of the molecule is C#CCCCNC(=O)c1ccc(F)c(Br)c1. The molecule has 0 aliphatic heterocycles. The summed E-state index contributed by atoms with van der Waals surface area (Å²) in [6, 6.07) is 4.14. The lowest BCUT2D eigenvalue weighted by molar-refractivity contribution is 0.0953. The van der Waals surface area contributed by atoms with Gasteiger partial charge in [-0.15, -0.1) is 12.3 Å². The molecule has 0 fully saturated rings. The van der Waals surface area contributed by atoms with Crippen LogP contribution in [0.1, 0.15) is 23.2 Å². The molecule has 0 saturated carbocycles. The molecule has 0 spiro atoms. The van der Waals surface area contributed by atoms with Crippen LogP contribution in [0.4, 0.5) is 4.39 Å². The largest absolute Gasteiger partial charge is 0.352 e. The average molecular weight is 284 g/mol. The fourth-order valence-corrected chi connectivity index (χ4v) is 1.51. The highest BCUT2D eigenvalue weighted by Gasteiger charge is 2.07. The van der Waals surface area contributed by atoms with Crippen LogP contribution in [-0.4, -0.2) is 12.5 Å². The Kier molecular flexibility index (Phi) is 5.00. The van der Waals surface area contributed by atoms with Crippen molar-refractivity contribution in [3.8, 4) is 12.3 Å². The first kappa shape index (κ1) is 12.7. The highest BCUT2D eigenvalue weighted by atomic mass is 79.9. The Morgan fingerprint density at radius 1 is 1.56 bits per heavy atom. The van der Waals surface area contributed by atoms with E-state index in [2.05, 4.69) is 27.2 Å². The molecule has 1 rings (SSSR count). The molecular formula is C12H11BrFNO. The molecule has 1 aromatic carbocycles. The Labute approximate surface area is 102 Å². The summed E-state index contributed by atoms with van der Waals surface area (Å²) in [4.78, 5) is 11.6. The van der Waals surface area contributed by atoms with Gasteiger partial charge < -0.3 is 5.32 Å². The zero-order chi connectivity index (χ0) is 12.0. The van der Waals surface area contributed by atoms with Crippen molar-refractivity contribution in [2.24, 2.45) is 0 Å². The maximum atomic E-state index is 12.9. The van der Waals surface area contributed by atoms with E-state index in [4.69, 9.17) is 6.42 Å². The van der Waals surface area contributed by atoms with E-state index in [9.17, 15) is 9.18 Å². The van der Waals surface area contributed by atoms with Crippen LogP contribution in [0.3, 0.4) is 0 Å². The van der Waals surface area contributed by atoms with Crippen molar-refractivity contribution in [3.63, 3.8) is 0 Å². The third kappa shape index (κ3) is 3.67. The zero-order valence-corrected chi connectivity index (χ0v) is 10.2. The summed E-state index contributed by atoms with van der Waals surface area (Å²) in [7, 11) is 0. The lowest BCUT2D eigenvalue weighted by atomic mass is 10.2. The molecule has 0 saturated heterocycles. The topological polar surface area (TPSA) is 29.1 Å². The smallest absolute Gasteiger partial charge is 0.251 e. The van der Waals surface area contributed by atoms with Crippen molar-refractivity contribution in [3.05, 3.63) is 34.1 Å². The molecule has 0 heterocycles. The Balaban J connectivity index is 2.53. The van der Waals surface area contributed by atoms with E-state index >= 15 is 0 Å². The zero-order valence-electron chi connectivity index (χ0n) is 8.59. The Morgan fingerprint density at radius 2 is 2.31 bits per heavy atom. The third-order valence-corrected chi connectivity index (χ3v) is 2.57. The average Bonchev–Trinajstić information content (AvgIpc) is 2.28. The molecule has 1 aromatic rings. The van der Waals surface area contributed by atoms with Crippen LogP contribution < -0.4 is 5.32 Å². The van der Waals surface area contributed by atoms with E-state index in [0.717, 1.165) is 6.42 Å². The van der Waals surface area contributed by atoms with E-state index in [0.29, 0.717) is 18.5 Å². The molecule has 0 radical (unpaired) electrons. The first-order valence-corrected chi connectivity index (χ1v) is 5.61. The van der Waals surface area contributed by atoms with E-state index < -0.39 is 0 Å². The van der Waals surface area contributed by atoms with Gasteiger partial charge in [0.05, 0.1) is 4.47 Å². The molecule has 0 aromatic heterocycles. The predicted octanol–water partition coefficient (Wildman–Crippen LogP) is 2.73. The molecule has 4 heteroatoms. The Hall–Kier alpha value is -1.34. The lowest BCUT2D eigenvalue weighted by Gasteiger charge is -2.04. The van der Waals surface area contributed by atoms with E-state index in [-0.39, 0.29) is 16.2 Å². The normalized spacial score (nSPS) is 9.56. The van der Waals surface area contributed by atoms with Gasteiger partial charge in [0, 0.05) is 18.5 Å². The summed E-state index contributed by atoms with van der Waals surface area (Å²) in [5.74, 6) is 1.88. The van der Waals surface area contributed by atoms with E-state index in [1.54, 1.807) is 0 Å². The highest BCUT2D eigenvalue weighted by Crippen LogP contribution is 2.16. The molecule has 0 atom stereocenters. The molecule has 16 heavy (non-hydrogen) atoms. The molecule has 84 valence electrons. The summed E-state index contributed by atoms with van der Waals surface area (Å²) in [5.41, 5.74) is 0.425. The van der Waals surface area contributed by atoms with Crippen LogP contribution in [0.25, 0.3) is 0 Å². The third-order valence-electron chi connectivity index (χ3n) is 1.97. The van der Waals surface area contributed by atoms with E-state index in [1.807, 2.05) is 0 Å². The fraction of sp³-hybridized carbons (Fsp3) is 0.250. The number of rotatable bonds is 4. The van der Waals surface area contributed by atoms with Crippen LogP contribution in [0.2, 0.25) is 0 Å². The fourth-order valence-electron chi connectivity index (χ4n) is 1.13. The number of carbonyl (C=O) groups excluding carboxylic acids is 1. The van der Waals surface area contributed by atoms with Gasteiger partial charge in [-0.25, -0.2) is 4.39 Å². The van der Waals surface area contributed by atoms with Gasteiger partial charge in [0.1, 0.15) is 5.82 Å². The molecule has 0 aliphatic carbocycles.